The first-order valence-electron chi connectivity index (χ1n) is 10.8. The van der Waals surface area contributed by atoms with Crippen molar-refractivity contribution in [3.8, 4) is 22.6 Å². The maximum absolute atomic E-state index is 12.6. The number of carbonyl (C=O) groups excluding carboxylic acids is 1. The number of benzene rings is 3. The molecule has 0 spiro atoms. The molecule has 0 atom stereocenters. The summed E-state index contributed by atoms with van der Waals surface area (Å²) in [6, 6.07) is 24.4. The minimum atomic E-state index is 0.135. The van der Waals surface area contributed by atoms with Crippen LogP contribution in [0.15, 0.2) is 72.8 Å². The Kier molecular flexibility index (Phi) is 8.11. The highest BCUT2D eigenvalue weighted by Crippen LogP contribution is 2.25. The van der Waals surface area contributed by atoms with E-state index in [0.29, 0.717) is 19.6 Å². The van der Waals surface area contributed by atoms with Crippen LogP contribution in [0.25, 0.3) is 11.1 Å². The van der Waals surface area contributed by atoms with Gasteiger partial charge in [0.05, 0.1) is 13.7 Å². The molecular weight excluding hydrogens is 386 g/mol. The van der Waals surface area contributed by atoms with E-state index in [1.165, 1.54) is 0 Å². The molecule has 0 fully saturated rings. The summed E-state index contributed by atoms with van der Waals surface area (Å²) in [6.07, 6.45) is 2.19. The smallest absolute Gasteiger partial charge is 0.222 e. The number of amides is 1. The lowest BCUT2D eigenvalue weighted by atomic mass is 10.0. The van der Waals surface area contributed by atoms with Gasteiger partial charge in [-0.1, -0.05) is 49.4 Å². The molecule has 4 heteroatoms. The van der Waals surface area contributed by atoms with E-state index in [1.807, 2.05) is 49.5 Å². The van der Waals surface area contributed by atoms with Gasteiger partial charge in [-0.25, -0.2) is 0 Å². The third-order valence-electron chi connectivity index (χ3n) is 5.20. The molecule has 0 heterocycles. The summed E-state index contributed by atoms with van der Waals surface area (Å²) in [7, 11) is 3.52. The molecule has 0 bridgehead atoms. The summed E-state index contributed by atoms with van der Waals surface area (Å²) >= 11 is 0. The van der Waals surface area contributed by atoms with Crippen LogP contribution in [0.5, 0.6) is 11.5 Å². The largest absolute Gasteiger partial charge is 0.497 e. The summed E-state index contributed by atoms with van der Waals surface area (Å²) in [6.45, 7) is 3.40. The first-order valence-corrected chi connectivity index (χ1v) is 10.8. The zero-order valence-corrected chi connectivity index (χ0v) is 18.6. The zero-order valence-electron chi connectivity index (χ0n) is 18.6. The lowest BCUT2D eigenvalue weighted by Crippen LogP contribution is -2.26. The van der Waals surface area contributed by atoms with Gasteiger partial charge in [-0.05, 0) is 65.4 Å². The summed E-state index contributed by atoms with van der Waals surface area (Å²) in [5.74, 6) is 1.85. The van der Waals surface area contributed by atoms with Gasteiger partial charge < -0.3 is 14.4 Å². The maximum Gasteiger partial charge on any atom is 0.222 e. The van der Waals surface area contributed by atoms with E-state index < -0.39 is 0 Å². The van der Waals surface area contributed by atoms with Crippen molar-refractivity contribution >= 4 is 5.91 Å². The molecule has 3 aromatic carbocycles. The maximum atomic E-state index is 12.6. The van der Waals surface area contributed by atoms with E-state index in [0.717, 1.165) is 46.6 Å². The Balaban J connectivity index is 1.59. The van der Waals surface area contributed by atoms with Crippen LogP contribution in [0.4, 0.5) is 0 Å². The van der Waals surface area contributed by atoms with E-state index in [9.17, 15) is 4.79 Å². The molecule has 0 radical (unpaired) electrons. The van der Waals surface area contributed by atoms with E-state index in [1.54, 1.807) is 12.0 Å². The van der Waals surface area contributed by atoms with Gasteiger partial charge in [0.15, 0.2) is 0 Å². The van der Waals surface area contributed by atoms with Gasteiger partial charge in [0.25, 0.3) is 0 Å². The number of hydrogen-bond donors (Lipinski definition) is 0. The predicted molar refractivity (Wildman–Crippen MR) is 125 cm³/mol. The number of rotatable bonds is 10. The summed E-state index contributed by atoms with van der Waals surface area (Å²) in [4.78, 5) is 14.4. The number of ether oxygens (including phenoxy) is 2. The van der Waals surface area contributed by atoms with E-state index in [4.69, 9.17) is 9.47 Å². The Labute approximate surface area is 185 Å². The van der Waals surface area contributed by atoms with Crippen LogP contribution in [0.1, 0.15) is 30.9 Å². The first-order chi connectivity index (χ1) is 15.1. The second-order valence-corrected chi connectivity index (χ2v) is 7.67. The van der Waals surface area contributed by atoms with Gasteiger partial charge in [-0.15, -0.1) is 0 Å². The fraction of sp³-hybridized carbons (Fsp3) is 0.296. The van der Waals surface area contributed by atoms with Crippen LogP contribution >= 0.6 is 0 Å². The van der Waals surface area contributed by atoms with Gasteiger partial charge >= 0.3 is 0 Å². The minimum absolute atomic E-state index is 0.135. The third kappa shape index (κ3) is 6.61. The second kappa shape index (κ2) is 11.2. The predicted octanol–water partition coefficient (Wildman–Crippen LogP) is 5.74. The van der Waals surface area contributed by atoms with Crippen molar-refractivity contribution in [1.82, 2.24) is 4.90 Å². The lowest BCUT2D eigenvalue weighted by Gasteiger charge is -2.18. The summed E-state index contributed by atoms with van der Waals surface area (Å²) in [5, 5.41) is 0. The number of carbonyl (C=O) groups is 1. The molecule has 0 saturated heterocycles. The normalized spacial score (nSPS) is 10.5. The fourth-order valence-corrected chi connectivity index (χ4v) is 3.43. The van der Waals surface area contributed by atoms with Gasteiger partial charge in [0, 0.05) is 20.0 Å². The molecule has 0 saturated carbocycles. The molecule has 3 aromatic rings. The molecule has 31 heavy (non-hydrogen) atoms. The molecule has 0 unspecified atom stereocenters. The van der Waals surface area contributed by atoms with Crippen molar-refractivity contribution in [3.05, 3.63) is 83.9 Å². The molecule has 3 rings (SSSR count). The van der Waals surface area contributed by atoms with Gasteiger partial charge in [-0.2, -0.15) is 0 Å². The second-order valence-electron chi connectivity index (χ2n) is 7.67. The van der Waals surface area contributed by atoms with Crippen molar-refractivity contribution in [3.63, 3.8) is 0 Å². The molecule has 0 aromatic heterocycles. The first kappa shape index (κ1) is 22.4. The number of aryl methyl sites for hydroxylation is 1. The molecule has 1 amide bonds. The van der Waals surface area contributed by atoms with Crippen LogP contribution in [0.3, 0.4) is 0 Å². The highest BCUT2D eigenvalue weighted by molar-refractivity contribution is 5.76. The van der Waals surface area contributed by atoms with Gasteiger partial charge in [0.2, 0.25) is 5.91 Å². The molecule has 4 nitrogen and oxygen atoms in total. The van der Waals surface area contributed by atoms with Crippen LogP contribution in [0.2, 0.25) is 0 Å². The van der Waals surface area contributed by atoms with Crippen molar-refractivity contribution < 1.29 is 14.3 Å². The average Bonchev–Trinajstić information content (AvgIpc) is 2.81. The van der Waals surface area contributed by atoms with E-state index in [2.05, 4.69) is 37.3 Å². The SMILES string of the molecule is CCCOc1cccc(-c2cccc(CN(C)C(=O)CCc3ccc(OC)cc3)c2)c1. The summed E-state index contributed by atoms with van der Waals surface area (Å²) in [5.41, 5.74) is 4.48. The Morgan fingerprint density at radius 2 is 1.58 bits per heavy atom. The molecule has 162 valence electrons. The van der Waals surface area contributed by atoms with Crippen LogP contribution < -0.4 is 9.47 Å². The van der Waals surface area contributed by atoms with Gasteiger partial charge in [-0.3, -0.25) is 4.79 Å². The monoisotopic (exact) mass is 417 g/mol. The Hall–Kier alpha value is -3.27. The average molecular weight is 418 g/mol. The molecular formula is C27H31NO3. The van der Waals surface area contributed by atoms with Crippen molar-refractivity contribution in [2.75, 3.05) is 20.8 Å². The van der Waals surface area contributed by atoms with Crippen LogP contribution in [0, 0.1) is 0 Å². The van der Waals surface area contributed by atoms with Crippen molar-refractivity contribution in [2.45, 2.75) is 32.7 Å². The number of nitrogens with zero attached hydrogens (tertiary/aromatic N) is 1. The van der Waals surface area contributed by atoms with Crippen molar-refractivity contribution in [1.29, 1.82) is 0 Å². The minimum Gasteiger partial charge on any atom is -0.497 e. The molecule has 0 N–H and O–H groups in total. The number of methoxy groups -OCH3 is 1. The van der Waals surface area contributed by atoms with Crippen molar-refractivity contribution in [2.24, 2.45) is 0 Å². The van der Waals surface area contributed by atoms with E-state index >= 15 is 0 Å². The summed E-state index contributed by atoms with van der Waals surface area (Å²) < 4.78 is 10.9. The lowest BCUT2D eigenvalue weighted by molar-refractivity contribution is -0.130. The topological polar surface area (TPSA) is 38.8 Å². The zero-order chi connectivity index (χ0) is 22.1. The fourth-order valence-electron chi connectivity index (χ4n) is 3.43. The van der Waals surface area contributed by atoms with Gasteiger partial charge in [0.1, 0.15) is 11.5 Å². The number of hydrogen-bond acceptors (Lipinski definition) is 3. The van der Waals surface area contributed by atoms with Crippen LogP contribution in [-0.2, 0) is 17.8 Å². The van der Waals surface area contributed by atoms with Crippen LogP contribution in [-0.4, -0.2) is 31.6 Å². The quantitative estimate of drug-likeness (QED) is 0.422. The highest BCUT2D eigenvalue weighted by Gasteiger charge is 2.10. The third-order valence-corrected chi connectivity index (χ3v) is 5.20. The Morgan fingerprint density at radius 3 is 2.29 bits per heavy atom. The Bertz CT molecular complexity index is 982. The Morgan fingerprint density at radius 1 is 0.871 bits per heavy atom. The molecule has 0 aliphatic carbocycles. The molecule has 0 aliphatic rings. The standard InChI is InChI=1S/C27H31NO3/c1-4-17-31-26-10-6-9-24(19-26)23-8-5-7-22(18-23)20-28(2)27(29)16-13-21-11-14-25(30-3)15-12-21/h5-12,14-15,18-19H,4,13,16-17,20H2,1-3H3. The highest BCUT2D eigenvalue weighted by atomic mass is 16.5. The van der Waals surface area contributed by atoms with E-state index in [-0.39, 0.29) is 5.91 Å². The molecule has 0 aliphatic heterocycles.